The third-order valence-electron chi connectivity index (χ3n) is 2.87. The Labute approximate surface area is 124 Å². The van der Waals surface area contributed by atoms with E-state index in [1.165, 1.54) is 0 Å². The second kappa shape index (κ2) is 7.25. The van der Waals surface area contributed by atoms with E-state index in [-0.39, 0.29) is 18.6 Å². The first-order valence-corrected chi connectivity index (χ1v) is 7.76. The number of nitrogens with two attached hydrogens (primary N) is 1. The molecule has 0 atom stereocenters. The van der Waals surface area contributed by atoms with Gasteiger partial charge in [0.15, 0.2) is 7.14 Å². The second-order valence-electron chi connectivity index (χ2n) is 4.14. The molecule has 2 aromatic rings. The number of carbonyl (C=O) groups is 1. The summed E-state index contributed by atoms with van der Waals surface area (Å²) in [5, 5.41) is 1.31. The highest BCUT2D eigenvalue weighted by atomic mass is 35.5. The maximum absolute atomic E-state index is 13.3. The maximum Gasteiger partial charge on any atom is 0.241 e. The molecule has 0 unspecified atom stereocenters. The van der Waals surface area contributed by atoms with Gasteiger partial charge in [-0.3, -0.25) is 10.2 Å². The Kier molecular flexibility index (Phi) is 5.96. The minimum absolute atomic E-state index is 0. The van der Waals surface area contributed by atoms with Gasteiger partial charge in [0, 0.05) is 10.6 Å². The molecule has 0 saturated heterocycles. The van der Waals surface area contributed by atoms with Crippen LogP contribution in [-0.4, -0.2) is 12.1 Å². The molecule has 0 aliphatic heterocycles. The van der Waals surface area contributed by atoms with Crippen LogP contribution in [0.5, 0.6) is 0 Å². The topological polar surface area (TPSA) is 72.2 Å². The number of halogens is 1. The lowest BCUT2D eigenvalue weighted by Gasteiger charge is -2.18. The van der Waals surface area contributed by atoms with Crippen molar-refractivity contribution in [2.24, 2.45) is 5.84 Å². The monoisotopic (exact) mass is 310 g/mol. The van der Waals surface area contributed by atoms with Crippen molar-refractivity contribution in [1.82, 2.24) is 5.43 Å². The molecule has 0 fully saturated rings. The molecule has 0 spiro atoms. The van der Waals surface area contributed by atoms with Crippen LogP contribution in [0.25, 0.3) is 0 Å². The van der Waals surface area contributed by atoms with E-state index in [0.717, 1.165) is 0 Å². The standard InChI is InChI=1S/C14H15N2O2P.ClH/c15-16-14(17)11-19(18,12-7-3-1-4-8-12)13-9-5-2-6-10-13;/h1-10H,11,15H2,(H,16,17);1H. The molecule has 0 aliphatic rings. The minimum atomic E-state index is -2.99. The van der Waals surface area contributed by atoms with Crippen molar-refractivity contribution in [1.29, 1.82) is 0 Å². The van der Waals surface area contributed by atoms with Crippen LogP contribution in [0.15, 0.2) is 60.7 Å². The summed E-state index contributed by atoms with van der Waals surface area (Å²) in [6.45, 7) is 0. The van der Waals surface area contributed by atoms with Crippen molar-refractivity contribution < 1.29 is 9.36 Å². The predicted octanol–water partition coefficient (Wildman–Crippen LogP) is 1.41. The summed E-state index contributed by atoms with van der Waals surface area (Å²) in [6, 6.07) is 18.0. The number of hydrogen-bond acceptors (Lipinski definition) is 3. The van der Waals surface area contributed by atoms with Gasteiger partial charge in [-0.2, -0.15) is 0 Å². The Balaban J connectivity index is 0.00000200. The molecule has 20 heavy (non-hydrogen) atoms. The zero-order valence-corrected chi connectivity index (χ0v) is 12.4. The van der Waals surface area contributed by atoms with Crippen molar-refractivity contribution in [3.8, 4) is 0 Å². The normalized spacial score (nSPS) is 10.4. The van der Waals surface area contributed by atoms with Crippen molar-refractivity contribution in [3.05, 3.63) is 60.7 Å². The number of amides is 1. The zero-order chi connectivity index (χ0) is 13.7. The van der Waals surface area contributed by atoms with Gasteiger partial charge >= 0.3 is 0 Å². The van der Waals surface area contributed by atoms with E-state index in [1.54, 1.807) is 24.3 Å². The van der Waals surface area contributed by atoms with E-state index in [2.05, 4.69) is 0 Å². The first kappa shape index (κ1) is 16.4. The molecule has 2 rings (SSSR count). The predicted molar refractivity (Wildman–Crippen MR) is 84.2 cm³/mol. The number of hydrogen-bond donors (Lipinski definition) is 2. The summed E-state index contributed by atoms with van der Waals surface area (Å²) >= 11 is 0. The van der Waals surface area contributed by atoms with Crippen LogP contribution in [0.1, 0.15) is 0 Å². The number of nitrogens with one attached hydrogen (secondary N) is 1. The highest BCUT2D eigenvalue weighted by Gasteiger charge is 2.29. The lowest BCUT2D eigenvalue weighted by molar-refractivity contribution is -0.118. The lowest BCUT2D eigenvalue weighted by Crippen LogP contribution is -2.35. The third-order valence-corrected chi connectivity index (χ3v) is 5.87. The van der Waals surface area contributed by atoms with Crippen molar-refractivity contribution >= 4 is 36.1 Å². The van der Waals surface area contributed by atoms with Crippen LogP contribution in [0.2, 0.25) is 0 Å². The van der Waals surface area contributed by atoms with Crippen LogP contribution < -0.4 is 21.9 Å². The largest absolute Gasteiger partial charge is 0.313 e. The average molecular weight is 311 g/mol. The molecule has 4 nitrogen and oxygen atoms in total. The molecule has 0 bridgehead atoms. The summed E-state index contributed by atoms with van der Waals surface area (Å²) in [5.41, 5.74) is 2.05. The number of carbonyl (C=O) groups excluding carboxylic acids is 1. The molecule has 0 aliphatic carbocycles. The van der Waals surface area contributed by atoms with Crippen LogP contribution >= 0.6 is 19.5 Å². The molecular formula is C14H16ClN2O2P. The van der Waals surface area contributed by atoms with Crippen LogP contribution in [0.3, 0.4) is 0 Å². The molecule has 0 radical (unpaired) electrons. The molecular weight excluding hydrogens is 295 g/mol. The molecule has 1 amide bonds. The maximum atomic E-state index is 13.3. The molecule has 0 saturated carbocycles. The van der Waals surface area contributed by atoms with E-state index in [1.807, 2.05) is 41.8 Å². The highest BCUT2D eigenvalue weighted by molar-refractivity contribution is 7.79. The molecule has 106 valence electrons. The quantitative estimate of drug-likeness (QED) is 0.388. The van der Waals surface area contributed by atoms with Gasteiger partial charge in [-0.15, -0.1) is 12.4 Å². The molecule has 6 heteroatoms. The van der Waals surface area contributed by atoms with Gasteiger partial charge in [0.05, 0.1) is 6.16 Å². The number of hydrazine groups is 1. The average Bonchev–Trinajstić information content (AvgIpc) is 2.48. The summed E-state index contributed by atoms with van der Waals surface area (Å²) in [5.74, 6) is 4.68. The van der Waals surface area contributed by atoms with E-state index in [9.17, 15) is 9.36 Å². The second-order valence-corrected chi connectivity index (χ2v) is 6.96. The Hall–Kier alpha value is -1.61. The van der Waals surface area contributed by atoms with E-state index in [0.29, 0.717) is 10.6 Å². The smallest absolute Gasteiger partial charge is 0.241 e. The van der Waals surface area contributed by atoms with Gasteiger partial charge in [-0.1, -0.05) is 60.7 Å². The van der Waals surface area contributed by atoms with Gasteiger partial charge < -0.3 is 4.57 Å². The van der Waals surface area contributed by atoms with Crippen molar-refractivity contribution in [3.63, 3.8) is 0 Å². The lowest BCUT2D eigenvalue weighted by atomic mass is 10.4. The van der Waals surface area contributed by atoms with Crippen molar-refractivity contribution in [2.75, 3.05) is 6.16 Å². The third kappa shape index (κ3) is 3.48. The number of rotatable bonds is 4. The Morgan fingerprint density at radius 3 is 1.70 bits per heavy atom. The van der Waals surface area contributed by atoms with Crippen LogP contribution in [0, 0.1) is 0 Å². The first-order valence-electron chi connectivity index (χ1n) is 5.86. The minimum Gasteiger partial charge on any atom is -0.313 e. The van der Waals surface area contributed by atoms with Gasteiger partial charge in [0.2, 0.25) is 5.91 Å². The van der Waals surface area contributed by atoms with E-state index < -0.39 is 13.0 Å². The molecule has 0 heterocycles. The van der Waals surface area contributed by atoms with Crippen LogP contribution in [0.4, 0.5) is 0 Å². The Bertz CT molecular complexity index is 562. The summed E-state index contributed by atoms with van der Waals surface area (Å²) < 4.78 is 13.3. The van der Waals surface area contributed by atoms with Gasteiger partial charge in [0.25, 0.3) is 0 Å². The summed E-state index contributed by atoms with van der Waals surface area (Å²) in [4.78, 5) is 11.6. The van der Waals surface area contributed by atoms with Gasteiger partial charge in [0.1, 0.15) is 0 Å². The Morgan fingerprint density at radius 2 is 1.35 bits per heavy atom. The fourth-order valence-electron chi connectivity index (χ4n) is 1.92. The molecule has 2 aromatic carbocycles. The number of benzene rings is 2. The SMILES string of the molecule is Cl.NNC(=O)CP(=O)(c1ccccc1)c1ccccc1. The fourth-order valence-corrected chi connectivity index (χ4v) is 4.38. The van der Waals surface area contributed by atoms with Gasteiger partial charge in [-0.25, -0.2) is 5.84 Å². The zero-order valence-electron chi connectivity index (χ0n) is 10.7. The molecule has 3 N–H and O–H groups in total. The summed E-state index contributed by atoms with van der Waals surface area (Å²) in [7, 11) is -2.99. The highest BCUT2D eigenvalue weighted by Crippen LogP contribution is 2.42. The Morgan fingerprint density at radius 1 is 0.950 bits per heavy atom. The summed E-state index contributed by atoms with van der Waals surface area (Å²) in [6.07, 6.45) is -0.127. The molecule has 0 aromatic heterocycles. The van der Waals surface area contributed by atoms with Gasteiger partial charge in [-0.05, 0) is 0 Å². The van der Waals surface area contributed by atoms with E-state index >= 15 is 0 Å². The van der Waals surface area contributed by atoms with E-state index in [4.69, 9.17) is 5.84 Å². The fraction of sp³-hybridized carbons (Fsp3) is 0.0714. The van der Waals surface area contributed by atoms with Crippen molar-refractivity contribution in [2.45, 2.75) is 0 Å². The first-order chi connectivity index (χ1) is 9.16. The van der Waals surface area contributed by atoms with Crippen LogP contribution in [-0.2, 0) is 9.36 Å².